The zero-order valence-corrected chi connectivity index (χ0v) is 11.5. The van der Waals surface area contributed by atoms with Crippen molar-refractivity contribution in [2.24, 2.45) is 5.92 Å². The van der Waals surface area contributed by atoms with E-state index in [0.717, 1.165) is 12.8 Å². The monoisotopic (exact) mass is 263 g/mol. The van der Waals surface area contributed by atoms with Crippen LogP contribution in [0.25, 0.3) is 0 Å². The number of hydrogen-bond donors (Lipinski definition) is 1. The molecule has 1 unspecified atom stereocenters. The minimum atomic E-state index is -3.48. The number of carbonyl (C=O) groups is 1. The number of sulfonamides is 1. The lowest BCUT2D eigenvalue weighted by atomic mass is 9.91. The Morgan fingerprint density at radius 1 is 1.41 bits per heavy atom. The van der Waals surface area contributed by atoms with E-state index in [1.165, 1.54) is 11.2 Å². The summed E-state index contributed by atoms with van der Waals surface area (Å²) in [5.41, 5.74) is -1.27. The van der Waals surface area contributed by atoms with Gasteiger partial charge in [-0.2, -0.15) is 4.31 Å². The molecule has 1 aliphatic rings. The molecule has 0 amide bonds. The zero-order chi connectivity index (χ0) is 13.3. The average Bonchev–Trinajstić information content (AvgIpc) is 2.15. The van der Waals surface area contributed by atoms with Crippen molar-refractivity contribution in [1.82, 2.24) is 4.31 Å². The third kappa shape index (κ3) is 2.98. The summed E-state index contributed by atoms with van der Waals surface area (Å²) in [6, 6.07) is 0. The summed E-state index contributed by atoms with van der Waals surface area (Å²) >= 11 is 0. The highest BCUT2D eigenvalue weighted by Gasteiger charge is 2.47. The fourth-order valence-electron chi connectivity index (χ4n) is 2.27. The first-order valence-electron chi connectivity index (χ1n) is 5.94. The van der Waals surface area contributed by atoms with Crippen molar-refractivity contribution >= 4 is 16.0 Å². The number of piperidine rings is 1. The molecule has 1 aliphatic heterocycles. The fraction of sp³-hybridized carbons (Fsp3) is 0.909. The van der Waals surface area contributed by atoms with E-state index in [9.17, 15) is 18.3 Å². The van der Waals surface area contributed by atoms with Crippen LogP contribution in [0.3, 0.4) is 0 Å². The summed E-state index contributed by atoms with van der Waals surface area (Å²) in [5.74, 6) is -1.04. The highest BCUT2D eigenvalue weighted by molar-refractivity contribution is 7.89. The molecular weight excluding hydrogens is 242 g/mol. The van der Waals surface area contributed by atoms with Crippen molar-refractivity contribution < 1.29 is 18.3 Å². The summed E-state index contributed by atoms with van der Waals surface area (Å²) in [4.78, 5) is 11.3. The molecular formula is C11H21NO4S. The molecule has 0 aliphatic carbocycles. The van der Waals surface area contributed by atoms with E-state index in [-0.39, 0.29) is 11.7 Å². The molecule has 1 rings (SSSR count). The van der Waals surface area contributed by atoms with Crippen molar-refractivity contribution in [2.45, 2.75) is 45.6 Å². The van der Waals surface area contributed by atoms with Crippen molar-refractivity contribution in [1.29, 1.82) is 0 Å². The maximum atomic E-state index is 12.2. The maximum Gasteiger partial charge on any atom is 0.324 e. The summed E-state index contributed by atoms with van der Waals surface area (Å²) in [7, 11) is -3.48. The van der Waals surface area contributed by atoms with E-state index in [0.29, 0.717) is 13.0 Å². The Morgan fingerprint density at radius 2 is 2.00 bits per heavy atom. The predicted molar refractivity (Wildman–Crippen MR) is 65.2 cm³/mol. The molecule has 1 saturated heterocycles. The molecule has 0 aromatic rings. The Kier molecular flexibility index (Phi) is 4.19. The molecule has 6 heteroatoms. The molecule has 0 aromatic carbocycles. The van der Waals surface area contributed by atoms with Gasteiger partial charge < -0.3 is 5.11 Å². The van der Waals surface area contributed by atoms with Crippen LogP contribution in [0.1, 0.15) is 40.0 Å². The lowest BCUT2D eigenvalue weighted by molar-refractivity contribution is -0.149. The molecule has 1 atom stereocenters. The third-order valence-corrected chi connectivity index (χ3v) is 5.51. The van der Waals surface area contributed by atoms with Gasteiger partial charge in [0.25, 0.3) is 0 Å². The Morgan fingerprint density at radius 3 is 2.47 bits per heavy atom. The number of nitrogens with zero attached hydrogens (tertiary/aromatic N) is 1. The van der Waals surface area contributed by atoms with Crippen LogP contribution in [0.4, 0.5) is 0 Å². The van der Waals surface area contributed by atoms with Gasteiger partial charge in [0.15, 0.2) is 0 Å². The van der Waals surface area contributed by atoms with Crippen LogP contribution in [-0.2, 0) is 14.8 Å². The van der Waals surface area contributed by atoms with Crippen molar-refractivity contribution in [3.05, 3.63) is 0 Å². The van der Waals surface area contributed by atoms with Gasteiger partial charge in [-0.05, 0) is 32.1 Å². The summed E-state index contributed by atoms with van der Waals surface area (Å²) < 4.78 is 25.5. The van der Waals surface area contributed by atoms with Crippen LogP contribution in [0, 0.1) is 5.92 Å². The number of carboxylic acids is 1. The largest absolute Gasteiger partial charge is 0.480 e. The summed E-state index contributed by atoms with van der Waals surface area (Å²) in [5, 5.41) is 9.26. The van der Waals surface area contributed by atoms with Crippen LogP contribution < -0.4 is 0 Å². The minimum absolute atomic E-state index is 0.0000265. The lowest BCUT2D eigenvalue weighted by Crippen LogP contribution is -2.58. The number of hydrogen-bond acceptors (Lipinski definition) is 3. The first kappa shape index (κ1) is 14.4. The van der Waals surface area contributed by atoms with Gasteiger partial charge in [-0.15, -0.1) is 0 Å². The molecule has 1 fully saturated rings. The van der Waals surface area contributed by atoms with Crippen LogP contribution in [-0.4, -0.2) is 41.6 Å². The first-order chi connectivity index (χ1) is 7.70. The van der Waals surface area contributed by atoms with E-state index < -0.39 is 21.5 Å². The van der Waals surface area contributed by atoms with Gasteiger partial charge in [0.05, 0.1) is 5.75 Å². The second-order valence-corrected chi connectivity index (χ2v) is 7.22. The molecule has 100 valence electrons. The molecule has 0 saturated carbocycles. The van der Waals surface area contributed by atoms with Crippen LogP contribution in [0.15, 0.2) is 0 Å². The van der Waals surface area contributed by atoms with E-state index in [2.05, 4.69) is 0 Å². The van der Waals surface area contributed by atoms with Gasteiger partial charge in [-0.3, -0.25) is 4.79 Å². The molecule has 0 spiro atoms. The third-order valence-electron chi connectivity index (χ3n) is 3.17. The quantitative estimate of drug-likeness (QED) is 0.829. The molecule has 0 bridgehead atoms. The average molecular weight is 263 g/mol. The van der Waals surface area contributed by atoms with Crippen molar-refractivity contribution in [2.75, 3.05) is 12.3 Å². The van der Waals surface area contributed by atoms with Gasteiger partial charge in [0.1, 0.15) is 5.54 Å². The number of aliphatic carboxylic acids is 1. The SMILES string of the molecule is CC(C)CS(=O)(=O)N1CCCCC1(C)C(=O)O. The van der Waals surface area contributed by atoms with E-state index in [1.807, 2.05) is 13.8 Å². The lowest BCUT2D eigenvalue weighted by Gasteiger charge is -2.40. The van der Waals surface area contributed by atoms with Gasteiger partial charge in [0, 0.05) is 6.54 Å². The molecule has 0 aromatic heterocycles. The van der Waals surface area contributed by atoms with E-state index in [1.54, 1.807) is 0 Å². The Hall–Kier alpha value is -0.620. The summed E-state index contributed by atoms with van der Waals surface area (Å²) in [6.45, 7) is 5.46. The predicted octanol–water partition coefficient (Wildman–Crippen LogP) is 1.30. The molecule has 5 nitrogen and oxygen atoms in total. The molecule has 0 radical (unpaired) electrons. The van der Waals surface area contributed by atoms with Gasteiger partial charge in [-0.25, -0.2) is 8.42 Å². The number of carboxylic acid groups (broad SMARTS) is 1. The standard InChI is InChI=1S/C11H21NO4S/c1-9(2)8-17(15,16)12-7-5-4-6-11(12,3)10(13)14/h9H,4-8H2,1-3H3,(H,13,14). The van der Waals surface area contributed by atoms with Crippen molar-refractivity contribution in [3.8, 4) is 0 Å². The Bertz CT molecular complexity index is 390. The highest BCUT2D eigenvalue weighted by atomic mass is 32.2. The van der Waals surface area contributed by atoms with Crippen LogP contribution in [0.5, 0.6) is 0 Å². The zero-order valence-electron chi connectivity index (χ0n) is 10.6. The number of rotatable bonds is 4. The highest BCUT2D eigenvalue weighted by Crippen LogP contribution is 2.31. The normalized spacial score (nSPS) is 27.3. The smallest absolute Gasteiger partial charge is 0.324 e. The first-order valence-corrected chi connectivity index (χ1v) is 7.55. The molecule has 17 heavy (non-hydrogen) atoms. The fourth-order valence-corrected chi connectivity index (χ4v) is 4.48. The van der Waals surface area contributed by atoms with Gasteiger partial charge in [-0.1, -0.05) is 13.8 Å². The maximum absolute atomic E-state index is 12.2. The molecule has 1 N–H and O–H groups in total. The van der Waals surface area contributed by atoms with Gasteiger partial charge in [0.2, 0.25) is 10.0 Å². The van der Waals surface area contributed by atoms with Crippen LogP contribution >= 0.6 is 0 Å². The Labute approximate surface area is 103 Å². The summed E-state index contributed by atoms with van der Waals surface area (Å²) in [6.07, 6.45) is 1.89. The van der Waals surface area contributed by atoms with Crippen molar-refractivity contribution in [3.63, 3.8) is 0 Å². The van der Waals surface area contributed by atoms with E-state index >= 15 is 0 Å². The topological polar surface area (TPSA) is 74.7 Å². The van der Waals surface area contributed by atoms with Crippen LogP contribution in [0.2, 0.25) is 0 Å². The van der Waals surface area contributed by atoms with E-state index in [4.69, 9.17) is 0 Å². The van der Waals surface area contributed by atoms with Gasteiger partial charge >= 0.3 is 5.97 Å². The second kappa shape index (κ2) is 4.94. The molecule has 1 heterocycles. The minimum Gasteiger partial charge on any atom is -0.480 e. The Balaban J connectivity index is 3.04. The second-order valence-electron chi connectivity index (χ2n) is 5.28.